The number of nitrogens with one attached hydrogen (secondary N) is 1. The second-order valence-corrected chi connectivity index (χ2v) is 6.76. The molecule has 0 unspecified atom stereocenters. The predicted octanol–water partition coefficient (Wildman–Crippen LogP) is 3.29. The zero-order valence-electron chi connectivity index (χ0n) is 14.2. The number of hydrogen-bond donors (Lipinski definition) is 1. The van der Waals surface area contributed by atoms with Gasteiger partial charge in [-0.15, -0.1) is 0 Å². The standard InChI is InChI=1S/C20H21N3O2/c1-24-19-3-2-6-22-20(19)14-7-13(12-21)8-17(9-14)25-18-10-15-4-5-16(11-18)23-15/h2-3,6-9,15-16,18,23H,4-5,10-11H2,1H3/t15-,16+,18-. The molecule has 2 aliphatic heterocycles. The average Bonchev–Trinajstić information content (AvgIpc) is 2.99. The van der Waals surface area contributed by atoms with Crippen LogP contribution < -0.4 is 14.8 Å². The molecule has 5 heteroatoms. The van der Waals surface area contributed by atoms with Crippen molar-refractivity contribution < 1.29 is 9.47 Å². The molecule has 4 rings (SSSR count). The zero-order valence-corrected chi connectivity index (χ0v) is 14.2. The third-order valence-electron chi connectivity index (χ3n) is 5.03. The highest BCUT2D eigenvalue weighted by Crippen LogP contribution is 2.34. The van der Waals surface area contributed by atoms with Gasteiger partial charge in [0.15, 0.2) is 0 Å². The van der Waals surface area contributed by atoms with Crippen molar-refractivity contribution in [2.45, 2.75) is 43.9 Å². The van der Waals surface area contributed by atoms with Crippen molar-refractivity contribution in [1.82, 2.24) is 10.3 Å². The number of fused-ring (bicyclic) bond motifs is 2. The van der Waals surface area contributed by atoms with Crippen LogP contribution >= 0.6 is 0 Å². The number of nitriles is 1. The van der Waals surface area contributed by atoms with Crippen LogP contribution in [0.15, 0.2) is 36.5 Å². The quantitative estimate of drug-likeness (QED) is 0.928. The van der Waals surface area contributed by atoms with Crippen LogP contribution in [0, 0.1) is 11.3 Å². The molecule has 128 valence electrons. The summed E-state index contributed by atoms with van der Waals surface area (Å²) in [7, 11) is 1.62. The van der Waals surface area contributed by atoms with Gasteiger partial charge in [-0.2, -0.15) is 5.26 Å². The summed E-state index contributed by atoms with van der Waals surface area (Å²) in [5.41, 5.74) is 2.12. The smallest absolute Gasteiger partial charge is 0.145 e. The fourth-order valence-corrected chi connectivity index (χ4v) is 3.93. The van der Waals surface area contributed by atoms with Crippen LogP contribution in [0.1, 0.15) is 31.2 Å². The van der Waals surface area contributed by atoms with E-state index in [4.69, 9.17) is 9.47 Å². The van der Waals surface area contributed by atoms with Gasteiger partial charge < -0.3 is 14.8 Å². The number of aromatic nitrogens is 1. The highest BCUT2D eigenvalue weighted by atomic mass is 16.5. The van der Waals surface area contributed by atoms with Gasteiger partial charge in [-0.3, -0.25) is 4.98 Å². The lowest BCUT2D eigenvalue weighted by molar-refractivity contribution is 0.137. The van der Waals surface area contributed by atoms with Crippen molar-refractivity contribution in [3.05, 3.63) is 42.1 Å². The topological polar surface area (TPSA) is 67.2 Å². The fourth-order valence-electron chi connectivity index (χ4n) is 3.93. The first-order valence-electron chi connectivity index (χ1n) is 8.72. The summed E-state index contributed by atoms with van der Waals surface area (Å²) in [6.45, 7) is 0. The lowest BCUT2D eigenvalue weighted by atomic mass is 10.0. The van der Waals surface area contributed by atoms with Gasteiger partial charge >= 0.3 is 0 Å². The maximum Gasteiger partial charge on any atom is 0.145 e. The number of nitrogens with zero attached hydrogens (tertiary/aromatic N) is 2. The molecule has 3 atom stereocenters. The molecule has 3 heterocycles. The highest BCUT2D eigenvalue weighted by Gasteiger charge is 2.34. The van der Waals surface area contributed by atoms with Crippen molar-refractivity contribution in [3.8, 4) is 28.8 Å². The summed E-state index contributed by atoms with van der Waals surface area (Å²) >= 11 is 0. The number of hydrogen-bond acceptors (Lipinski definition) is 5. The summed E-state index contributed by atoms with van der Waals surface area (Å²) in [6.07, 6.45) is 6.44. The molecule has 25 heavy (non-hydrogen) atoms. The Hall–Kier alpha value is -2.58. The van der Waals surface area contributed by atoms with E-state index >= 15 is 0 Å². The van der Waals surface area contributed by atoms with Crippen LogP contribution in [0.4, 0.5) is 0 Å². The minimum Gasteiger partial charge on any atom is -0.494 e. The normalized spacial score (nSPS) is 24.6. The molecule has 1 aromatic carbocycles. The Morgan fingerprint density at radius 2 is 2.00 bits per heavy atom. The molecule has 1 N–H and O–H groups in total. The van der Waals surface area contributed by atoms with E-state index in [2.05, 4.69) is 16.4 Å². The highest BCUT2D eigenvalue weighted by molar-refractivity contribution is 5.69. The second kappa shape index (κ2) is 6.73. The van der Waals surface area contributed by atoms with Crippen LogP contribution in [-0.2, 0) is 0 Å². The van der Waals surface area contributed by atoms with Crippen molar-refractivity contribution in [2.75, 3.05) is 7.11 Å². The van der Waals surface area contributed by atoms with E-state index in [0.29, 0.717) is 23.4 Å². The summed E-state index contributed by atoms with van der Waals surface area (Å²) in [4.78, 5) is 4.42. The van der Waals surface area contributed by atoms with Gasteiger partial charge in [0, 0.05) is 23.8 Å². The Labute approximate surface area is 147 Å². The lowest BCUT2D eigenvalue weighted by Crippen LogP contribution is -2.42. The molecular formula is C20H21N3O2. The number of ether oxygens (including phenoxy) is 2. The van der Waals surface area contributed by atoms with E-state index in [0.717, 1.165) is 29.8 Å². The van der Waals surface area contributed by atoms with Crippen LogP contribution in [-0.4, -0.2) is 30.3 Å². The fraction of sp³-hybridized carbons (Fsp3) is 0.400. The van der Waals surface area contributed by atoms with Gasteiger partial charge in [0.25, 0.3) is 0 Å². The zero-order chi connectivity index (χ0) is 17.2. The predicted molar refractivity (Wildman–Crippen MR) is 94.5 cm³/mol. The van der Waals surface area contributed by atoms with Gasteiger partial charge in [-0.1, -0.05) is 0 Å². The maximum atomic E-state index is 9.39. The molecule has 2 fully saturated rings. The van der Waals surface area contributed by atoms with E-state index in [1.807, 2.05) is 30.3 Å². The van der Waals surface area contributed by atoms with Gasteiger partial charge in [0.2, 0.25) is 0 Å². The van der Waals surface area contributed by atoms with Crippen molar-refractivity contribution in [2.24, 2.45) is 0 Å². The minimum absolute atomic E-state index is 0.200. The SMILES string of the molecule is COc1cccnc1-c1cc(C#N)cc(O[C@@H]2C[C@H]3CC[C@@H](C2)N3)c1. The van der Waals surface area contributed by atoms with Crippen molar-refractivity contribution in [3.63, 3.8) is 0 Å². The number of piperidine rings is 1. The Bertz CT molecular complexity index is 803. The van der Waals surface area contributed by atoms with Crippen LogP contribution in [0.2, 0.25) is 0 Å². The third kappa shape index (κ3) is 3.31. The Balaban J connectivity index is 1.63. The Kier molecular flexibility index (Phi) is 4.29. The number of methoxy groups -OCH3 is 1. The van der Waals surface area contributed by atoms with Crippen molar-refractivity contribution >= 4 is 0 Å². The van der Waals surface area contributed by atoms with Gasteiger partial charge in [-0.25, -0.2) is 0 Å². The van der Waals surface area contributed by atoms with E-state index in [1.165, 1.54) is 12.8 Å². The molecule has 2 aliphatic rings. The summed E-state index contributed by atoms with van der Waals surface area (Å²) < 4.78 is 11.7. The Morgan fingerprint density at radius 3 is 2.72 bits per heavy atom. The first kappa shape index (κ1) is 15.9. The first-order valence-corrected chi connectivity index (χ1v) is 8.72. The third-order valence-corrected chi connectivity index (χ3v) is 5.03. The molecule has 0 spiro atoms. The van der Waals surface area contributed by atoms with E-state index in [1.54, 1.807) is 13.3 Å². The molecular weight excluding hydrogens is 314 g/mol. The summed E-state index contributed by atoms with van der Waals surface area (Å²) in [6, 6.07) is 12.6. The number of benzene rings is 1. The van der Waals surface area contributed by atoms with E-state index < -0.39 is 0 Å². The average molecular weight is 335 g/mol. The maximum absolute atomic E-state index is 9.39. The minimum atomic E-state index is 0.200. The van der Waals surface area contributed by atoms with Crippen molar-refractivity contribution in [1.29, 1.82) is 5.26 Å². The van der Waals surface area contributed by atoms with E-state index in [9.17, 15) is 5.26 Å². The molecule has 0 amide bonds. The largest absolute Gasteiger partial charge is 0.494 e. The van der Waals surface area contributed by atoms with Crippen LogP contribution in [0.25, 0.3) is 11.3 Å². The molecule has 2 saturated heterocycles. The monoisotopic (exact) mass is 335 g/mol. The van der Waals surface area contributed by atoms with Gasteiger partial charge in [0.05, 0.1) is 18.7 Å². The molecule has 2 aromatic rings. The summed E-state index contributed by atoms with van der Waals surface area (Å²) in [5, 5.41) is 13.0. The van der Waals surface area contributed by atoms with Gasteiger partial charge in [-0.05, 0) is 56.0 Å². The lowest BCUT2D eigenvalue weighted by Gasteiger charge is -2.29. The van der Waals surface area contributed by atoms with E-state index in [-0.39, 0.29) is 6.10 Å². The summed E-state index contributed by atoms with van der Waals surface area (Å²) in [5.74, 6) is 1.41. The van der Waals surface area contributed by atoms with Crippen LogP contribution in [0.5, 0.6) is 11.5 Å². The first-order chi connectivity index (χ1) is 12.2. The molecule has 2 bridgehead atoms. The molecule has 0 saturated carbocycles. The second-order valence-electron chi connectivity index (χ2n) is 6.76. The molecule has 0 aliphatic carbocycles. The number of rotatable bonds is 4. The molecule has 5 nitrogen and oxygen atoms in total. The molecule has 0 radical (unpaired) electrons. The Morgan fingerprint density at radius 1 is 1.20 bits per heavy atom. The van der Waals surface area contributed by atoms with Crippen LogP contribution in [0.3, 0.4) is 0 Å². The number of pyridine rings is 1. The molecule has 1 aromatic heterocycles. The van der Waals surface area contributed by atoms with Gasteiger partial charge in [0.1, 0.15) is 23.3 Å².